The molecule has 0 spiro atoms. The zero-order valence-corrected chi connectivity index (χ0v) is 6.49. The Morgan fingerprint density at radius 3 is 2.42 bits per heavy atom. The normalized spacial score (nSPS) is 9.00. The molecule has 5 heteroatoms. The maximum atomic E-state index is 10.8. The first kappa shape index (κ1) is 10.6. The van der Waals surface area contributed by atoms with Gasteiger partial charge in [0.2, 0.25) is 0 Å². The standard InChI is InChI=1S/C7H10O5/c8-5-12-4-3-6(9)1-2-7(10)11/h5H,1-4H2,(H,10,11). The Balaban J connectivity index is 3.33. The van der Waals surface area contributed by atoms with E-state index in [0.717, 1.165) is 0 Å². The largest absolute Gasteiger partial charge is 0.481 e. The summed E-state index contributed by atoms with van der Waals surface area (Å²) in [5, 5.41) is 8.19. The molecule has 0 aromatic carbocycles. The van der Waals surface area contributed by atoms with Gasteiger partial charge in [0.25, 0.3) is 6.47 Å². The van der Waals surface area contributed by atoms with Crippen molar-refractivity contribution in [1.82, 2.24) is 0 Å². The summed E-state index contributed by atoms with van der Waals surface area (Å²) in [6.07, 6.45) is -0.0799. The molecule has 0 saturated heterocycles. The van der Waals surface area contributed by atoms with Gasteiger partial charge in [0.15, 0.2) is 0 Å². The predicted molar refractivity (Wildman–Crippen MR) is 38.5 cm³/mol. The van der Waals surface area contributed by atoms with E-state index in [9.17, 15) is 14.4 Å². The van der Waals surface area contributed by atoms with E-state index in [2.05, 4.69) is 4.74 Å². The molecule has 1 N–H and O–H groups in total. The molecule has 0 aliphatic carbocycles. The maximum absolute atomic E-state index is 10.8. The number of Topliss-reactive ketones (excluding diaryl/α,β-unsaturated/α-hetero) is 1. The van der Waals surface area contributed by atoms with E-state index < -0.39 is 5.97 Å². The van der Waals surface area contributed by atoms with Crippen LogP contribution in [0.3, 0.4) is 0 Å². The second-order valence-corrected chi connectivity index (χ2v) is 2.15. The minimum Gasteiger partial charge on any atom is -0.481 e. The van der Waals surface area contributed by atoms with Gasteiger partial charge in [0.1, 0.15) is 5.78 Å². The van der Waals surface area contributed by atoms with Crippen molar-refractivity contribution in [2.45, 2.75) is 19.3 Å². The highest BCUT2D eigenvalue weighted by atomic mass is 16.5. The van der Waals surface area contributed by atoms with Gasteiger partial charge >= 0.3 is 5.97 Å². The van der Waals surface area contributed by atoms with Gasteiger partial charge in [0.05, 0.1) is 13.0 Å². The Kier molecular flexibility index (Phi) is 5.60. The highest BCUT2D eigenvalue weighted by Crippen LogP contribution is 1.95. The van der Waals surface area contributed by atoms with E-state index in [1.807, 2.05) is 0 Å². The number of rotatable bonds is 7. The Labute approximate surface area is 69.3 Å². The predicted octanol–water partition coefficient (Wildman–Crippen LogP) is -0.0166. The van der Waals surface area contributed by atoms with E-state index in [1.54, 1.807) is 0 Å². The van der Waals surface area contributed by atoms with Crippen LogP contribution in [0.4, 0.5) is 0 Å². The molecule has 0 rings (SSSR count). The minimum absolute atomic E-state index is 0.00243. The third-order valence-electron chi connectivity index (χ3n) is 1.18. The lowest BCUT2D eigenvalue weighted by Gasteiger charge is -1.96. The van der Waals surface area contributed by atoms with Crippen LogP contribution in [0.2, 0.25) is 0 Å². The molecule has 0 radical (unpaired) electrons. The minimum atomic E-state index is -1.00. The second-order valence-electron chi connectivity index (χ2n) is 2.15. The van der Waals surface area contributed by atoms with Gasteiger partial charge in [-0.15, -0.1) is 0 Å². The van der Waals surface area contributed by atoms with Crippen LogP contribution in [0, 0.1) is 0 Å². The summed E-state index contributed by atoms with van der Waals surface area (Å²) in [7, 11) is 0. The van der Waals surface area contributed by atoms with Crippen molar-refractivity contribution in [3.8, 4) is 0 Å². The van der Waals surface area contributed by atoms with E-state index in [1.165, 1.54) is 0 Å². The van der Waals surface area contributed by atoms with Crippen molar-refractivity contribution in [1.29, 1.82) is 0 Å². The molecular weight excluding hydrogens is 164 g/mol. The van der Waals surface area contributed by atoms with Gasteiger partial charge < -0.3 is 9.84 Å². The molecule has 0 amide bonds. The smallest absolute Gasteiger partial charge is 0.303 e. The van der Waals surface area contributed by atoms with E-state index in [0.29, 0.717) is 0 Å². The van der Waals surface area contributed by atoms with Gasteiger partial charge in [-0.25, -0.2) is 0 Å². The molecule has 0 aromatic heterocycles. The lowest BCUT2D eigenvalue weighted by atomic mass is 10.2. The van der Waals surface area contributed by atoms with Crippen LogP contribution in [0.1, 0.15) is 19.3 Å². The fourth-order valence-corrected chi connectivity index (χ4v) is 0.592. The topological polar surface area (TPSA) is 80.7 Å². The summed E-state index contributed by atoms with van der Waals surface area (Å²) in [6.45, 7) is 0.284. The van der Waals surface area contributed by atoms with Crippen LogP contribution in [0.15, 0.2) is 0 Å². The Morgan fingerprint density at radius 2 is 1.92 bits per heavy atom. The number of hydrogen-bond acceptors (Lipinski definition) is 4. The number of ketones is 1. The second kappa shape index (κ2) is 6.33. The van der Waals surface area contributed by atoms with Crippen LogP contribution in [0.5, 0.6) is 0 Å². The van der Waals surface area contributed by atoms with Crippen LogP contribution in [-0.4, -0.2) is 29.9 Å². The molecular formula is C7H10O5. The molecule has 68 valence electrons. The molecule has 0 saturated carbocycles. The number of ether oxygens (including phenoxy) is 1. The number of carboxylic acids is 1. The zero-order chi connectivity index (χ0) is 9.40. The molecule has 12 heavy (non-hydrogen) atoms. The molecule has 0 heterocycles. The average Bonchev–Trinajstić information content (AvgIpc) is 2.01. The summed E-state index contributed by atoms with van der Waals surface area (Å²) in [4.78, 5) is 30.4. The summed E-state index contributed by atoms with van der Waals surface area (Å²) in [5.41, 5.74) is 0. The maximum Gasteiger partial charge on any atom is 0.303 e. The summed E-state index contributed by atoms with van der Waals surface area (Å²) in [5.74, 6) is -1.21. The zero-order valence-electron chi connectivity index (χ0n) is 6.49. The number of aliphatic carboxylic acids is 1. The summed E-state index contributed by atoms with van der Waals surface area (Å²) in [6, 6.07) is 0. The molecule has 0 aromatic rings. The lowest BCUT2D eigenvalue weighted by molar-refractivity contribution is -0.139. The Morgan fingerprint density at radius 1 is 1.25 bits per heavy atom. The summed E-state index contributed by atoms with van der Waals surface area (Å²) >= 11 is 0. The molecule has 0 bridgehead atoms. The van der Waals surface area contributed by atoms with E-state index in [4.69, 9.17) is 5.11 Å². The van der Waals surface area contributed by atoms with Gasteiger partial charge in [-0.3, -0.25) is 14.4 Å². The van der Waals surface area contributed by atoms with Crippen molar-refractivity contribution in [3.63, 3.8) is 0 Å². The van der Waals surface area contributed by atoms with Crippen molar-refractivity contribution >= 4 is 18.2 Å². The van der Waals surface area contributed by atoms with Gasteiger partial charge in [0, 0.05) is 12.8 Å². The third kappa shape index (κ3) is 6.73. The molecule has 0 fully saturated rings. The first-order chi connectivity index (χ1) is 5.66. The van der Waals surface area contributed by atoms with Crippen molar-refractivity contribution in [3.05, 3.63) is 0 Å². The quantitative estimate of drug-likeness (QED) is 0.433. The number of hydrogen-bond donors (Lipinski definition) is 1. The van der Waals surface area contributed by atoms with Crippen molar-refractivity contribution in [2.24, 2.45) is 0 Å². The SMILES string of the molecule is O=COCCC(=O)CCC(=O)O. The van der Waals surface area contributed by atoms with Crippen molar-refractivity contribution in [2.75, 3.05) is 6.61 Å². The molecule has 0 unspecified atom stereocenters. The van der Waals surface area contributed by atoms with E-state index in [-0.39, 0.29) is 38.1 Å². The number of carbonyl (C=O) groups is 3. The highest BCUT2D eigenvalue weighted by molar-refractivity contribution is 5.82. The van der Waals surface area contributed by atoms with Crippen LogP contribution >= 0.6 is 0 Å². The molecule has 0 aliphatic heterocycles. The van der Waals surface area contributed by atoms with Crippen LogP contribution < -0.4 is 0 Å². The highest BCUT2D eigenvalue weighted by Gasteiger charge is 2.04. The van der Waals surface area contributed by atoms with Crippen LogP contribution in [0.25, 0.3) is 0 Å². The lowest BCUT2D eigenvalue weighted by Crippen LogP contribution is -2.06. The fourth-order valence-electron chi connectivity index (χ4n) is 0.592. The first-order valence-electron chi connectivity index (χ1n) is 3.45. The number of carboxylic acid groups (broad SMARTS) is 1. The molecule has 0 atom stereocenters. The fraction of sp³-hybridized carbons (Fsp3) is 0.571. The van der Waals surface area contributed by atoms with Gasteiger partial charge in [-0.05, 0) is 0 Å². The molecule has 0 aliphatic rings. The molecule has 5 nitrogen and oxygen atoms in total. The van der Waals surface area contributed by atoms with Crippen molar-refractivity contribution < 1.29 is 24.2 Å². The Hall–Kier alpha value is -1.39. The van der Waals surface area contributed by atoms with Gasteiger partial charge in [-0.1, -0.05) is 0 Å². The summed E-state index contributed by atoms with van der Waals surface area (Å²) < 4.78 is 4.26. The first-order valence-corrected chi connectivity index (χ1v) is 3.45. The number of carbonyl (C=O) groups excluding carboxylic acids is 2. The van der Waals surface area contributed by atoms with Crippen LogP contribution in [-0.2, 0) is 19.1 Å². The monoisotopic (exact) mass is 174 g/mol. The van der Waals surface area contributed by atoms with Gasteiger partial charge in [-0.2, -0.15) is 0 Å². The average molecular weight is 174 g/mol. The third-order valence-corrected chi connectivity index (χ3v) is 1.18. The van der Waals surface area contributed by atoms with E-state index >= 15 is 0 Å². The Bertz CT molecular complexity index is 175.